The van der Waals surface area contributed by atoms with E-state index in [2.05, 4.69) is 50.0 Å². The van der Waals surface area contributed by atoms with Gasteiger partial charge in [0.05, 0.1) is 16.0 Å². The molecule has 0 atom stereocenters. The van der Waals surface area contributed by atoms with Gasteiger partial charge in [-0.2, -0.15) is 0 Å². The van der Waals surface area contributed by atoms with E-state index in [4.69, 9.17) is 0 Å². The minimum Gasteiger partial charge on any atom is -0.225 e. The predicted molar refractivity (Wildman–Crippen MR) is 108 cm³/mol. The second-order valence-corrected chi connectivity index (χ2v) is 11.4. The summed E-state index contributed by atoms with van der Waals surface area (Å²) < 4.78 is 26.2. The molecule has 0 saturated heterocycles. The fraction of sp³-hybridized carbons (Fsp3) is 0.316. The number of rotatable bonds is 5. The molecule has 0 spiro atoms. The Bertz CT molecular complexity index is 935. The second-order valence-electron chi connectivity index (χ2n) is 6.89. The molecule has 2 aromatic carbocycles. The molecular weight excluding hydrogens is 370 g/mol. The number of hydrogen-bond donors (Lipinski definition) is 0. The number of sulfone groups is 1. The van der Waals surface area contributed by atoms with Gasteiger partial charge in [-0.05, 0) is 35.2 Å². The fourth-order valence-corrected chi connectivity index (χ4v) is 6.30. The Labute approximate surface area is 157 Å². The Morgan fingerprint density at radius 1 is 1.04 bits per heavy atom. The minimum atomic E-state index is -3.34. The Morgan fingerprint density at radius 2 is 1.72 bits per heavy atom. The SMILES string of the molecule is CC(C)(C)c1ccc(SCCS(=O)(=O)c2nc3ccccc3s2)cc1. The molecule has 0 unspecified atom stereocenters. The maximum absolute atomic E-state index is 12.5. The zero-order chi connectivity index (χ0) is 18.1. The summed E-state index contributed by atoms with van der Waals surface area (Å²) in [6.07, 6.45) is 0. The van der Waals surface area contributed by atoms with Crippen molar-refractivity contribution in [3.05, 3.63) is 54.1 Å². The van der Waals surface area contributed by atoms with Crippen molar-refractivity contribution in [1.82, 2.24) is 4.98 Å². The third kappa shape index (κ3) is 4.43. The molecule has 0 aliphatic rings. The summed E-state index contributed by atoms with van der Waals surface area (Å²) in [5.74, 6) is 0.617. The van der Waals surface area contributed by atoms with Crippen LogP contribution in [0.25, 0.3) is 10.2 Å². The highest BCUT2D eigenvalue weighted by atomic mass is 32.2. The number of benzene rings is 2. The van der Waals surface area contributed by atoms with Crippen molar-refractivity contribution in [2.75, 3.05) is 11.5 Å². The van der Waals surface area contributed by atoms with Gasteiger partial charge in [0.2, 0.25) is 14.2 Å². The lowest BCUT2D eigenvalue weighted by Gasteiger charge is -2.19. The monoisotopic (exact) mass is 391 g/mol. The summed E-state index contributed by atoms with van der Waals surface area (Å²) in [5, 5.41) is 0. The predicted octanol–water partition coefficient (Wildman–Crippen LogP) is 5.16. The molecule has 0 amide bonds. The van der Waals surface area contributed by atoms with Crippen LogP contribution in [-0.4, -0.2) is 24.9 Å². The first-order valence-corrected chi connectivity index (χ1v) is 11.5. The van der Waals surface area contributed by atoms with Crippen LogP contribution in [0.3, 0.4) is 0 Å². The molecule has 0 aliphatic carbocycles. The van der Waals surface area contributed by atoms with Gasteiger partial charge in [-0.15, -0.1) is 23.1 Å². The lowest BCUT2D eigenvalue weighted by molar-refractivity contribution is 0.589. The molecule has 0 saturated carbocycles. The van der Waals surface area contributed by atoms with Crippen LogP contribution in [0, 0.1) is 0 Å². The van der Waals surface area contributed by atoms with Gasteiger partial charge in [0.1, 0.15) is 0 Å². The number of nitrogens with zero attached hydrogens (tertiary/aromatic N) is 1. The van der Waals surface area contributed by atoms with Crippen molar-refractivity contribution < 1.29 is 8.42 Å². The van der Waals surface area contributed by atoms with E-state index in [-0.39, 0.29) is 15.5 Å². The van der Waals surface area contributed by atoms with Gasteiger partial charge in [-0.25, -0.2) is 13.4 Å². The fourth-order valence-electron chi connectivity index (χ4n) is 2.39. The normalized spacial score (nSPS) is 12.6. The van der Waals surface area contributed by atoms with Crippen LogP contribution in [0.1, 0.15) is 26.3 Å². The molecule has 0 N–H and O–H groups in total. The van der Waals surface area contributed by atoms with Gasteiger partial charge in [0.25, 0.3) is 0 Å². The van der Waals surface area contributed by atoms with Crippen molar-refractivity contribution >= 4 is 43.2 Å². The first-order chi connectivity index (χ1) is 11.8. The molecule has 3 rings (SSSR count). The number of fused-ring (bicyclic) bond motifs is 1. The number of thiazole rings is 1. The van der Waals surface area contributed by atoms with E-state index in [1.165, 1.54) is 16.9 Å². The third-order valence-corrected chi connectivity index (χ3v) is 8.36. The van der Waals surface area contributed by atoms with Crippen molar-refractivity contribution in [3.8, 4) is 0 Å². The van der Waals surface area contributed by atoms with Crippen molar-refractivity contribution in [2.45, 2.75) is 35.4 Å². The molecule has 0 bridgehead atoms. The minimum absolute atomic E-state index is 0.0957. The topological polar surface area (TPSA) is 47.0 Å². The molecule has 132 valence electrons. The Hall–Kier alpha value is -1.37. The highest BCUT2D eigenvalue weighted by Gasteiger charge is 2.19. The van der Waals surface area contributed by atoms with Crippen LogP contribution in [0.2, 0.25) is 0 Å². The molecule has 0 radical (unpaired) electrons. The van der Waals surface area contributed by atoms with E-state index in [1.54, 1.807) is 11.8 Å². The maximum Gasteiger partial charge on any atom is 0.210 e. The number of para-hydroxylation sites is 1. The number of thioether (sulfide) groups is 1. The number of aromatic nitrogens is 1. The van der Waals surface area contributed by atoms with E-state index in [1.807, 2.05) is 24.3 Å². The van der Waals surface area contributed by atoms with E-state index in [0.29, 0.717) is 5.75 Å². The molecule has 3 nitrogen and oxygen atoms in total. The summed E-state index contributed by atoms with van der Waals surface area (Å²) in [6, 6.07) is 15.9. The summed E-state index contributed by atoms with van der Waals surface area (Å²) in [5.41, 5.74) is 2.15. The van der Waals surface area contributed by atoms with Gasteiger partial charge >= 0.3 is 0 Å². The second kappa shape index (κ2) is 7.09. The van der Waals surface area contributed by atoms with E-state index >= 15 is 0 Å². The first-order valence-electron chi connectivity index (χ1n) is 8.07. The van der Waals surface area contributed by atoms with Gasteiger partial charge in [0.15, 0.2) is 0 Å². The maximum atomic E-state index is 12.5. The Balaban J connectivity index is 1.64. The van der Waals surface area contributed by atoms with Crippen LogP contribution in [0.15, 0.2) is 57.8 Å². The van der Waals surface area contributed by atoms with Gasteiger partial charge in [-0.3, -0.25) is 0 Å². The van der Waals surface area contributed by atoms with Gasteiger partial charge in [0, 0.05) is 10.6 Å². The van der Waals surface area contributed by atoms with Crippen LogP contribution in [-0.2, 0) is 15.3 Å². The summed E-state index contributed by atoms with van der Waals surface area (Å²) >= 11 is 2.81. The van der Waals surface area contributed by atoms with Crippen LogP contribution in [0.4, 0.5) is 0 Å². The smallest absolute Gasteiger partial charge is 0.210 e. The quantitative estimate of drug-likeness (QED) is 0.564. The molecule has 0 fully saturated rings. The lowest BCUT2D eigenvalue weighted by Crippen LogP contribution is -2.10. The molecular formula is C19H21NO2S3. The summed E-state index contributed by atoms with van der Waals surface area (Å²) in [4.78, 5) is 5.36. The molecule has 3 aromatic rings. The van der Waals surface area contributed by atoms with E-state index in [9.17, 15) is 8.42 Å². The summed E-state index contributed by atoms with van der Waals surface area (Å²) in [7, 11) is -3.34. The largest absolute Gasteiger partial charge is 0.225 e. The number of hydrogen-bond acceptors (Lipinski definition) is 5. The molecule has 0 aliphatic heterocycles. The molecule has 25 heavy (non-hydrogen) atoms. The van der Waals surface area contributed by atoms with E-state index < -0.39 is 9.84 Å². The average Bonchev–Trinajstić information content (AvgIpc) is 2.99. The average molecular weight is 392 g/mol. The van der Waals surface area contributed by atoms with Crippen LogP contribution < -0.4 is 0 Å². The van der Waals surface area contributed by atoms with Crippen molar-refractivity contribution in [1.29, 1.82) is 0 Å². The highest BCUT2D eigenvalue weighted by molar-refractivity contribution is 8.01. The standard InChI is InChI=1S/C19H21NO2S3/c1-19(2,3)14-8-10-15(11-9-14)23-12-13-25(21,22)18-20-16-6-4-5-7-17(16)24-18/h4-11H,12-13H2,1-3H3. The molecule has 6 heteroatoms. The third-order valence-electron chi connectivity index (χ3n) is 3.88. The summed E-state index contributed by atoms with van der Waals surface area (Å²) in [6.45, 7) is 6.54. The zero-order valence-corrected chi connectivity index (χ0v) is 17.0. The first kappa shape index (κ1) is 18.4. The van der Waals surface area contributed by atoms with E-state index in [0.717, 1.165) is 15.1 Å². The van der Waals surface area contributed by atoms with Crippen LogP contribution >= 0.6 is 23.1 Å². The lowest BCUT2D eigenvalue weighted by atomic mass is 9.87. The van der Waals surface area contributed by atoms with Crippen molar-refractivity contribution in [3.63, 3.8) is 0 Å². The van der Waals surface area contributed by atoms with Crippen LogP contribution in [0.5, 0.6) is 0 Å². The Morgan fingerprint density at radius 3 is 2.36 bits per heavy atom. The molecule has 1 heterocycles. The van der Waals surface area contributed by atoms with Gasteiger partial charge < -0.3 is 0 Å². The highest BCUT2D eigenvalue weighted by Crippen LogP contribution is 2.28. The van der Waals surface area contributed by atoms with Gasteiger partial charge in [-0.1, -0.05) is 45.0 Å². The zero-order valence-electron chi connectivity index (χ0n) is 14.5. The Kier molecular flexibility index (Phi) is 5.23. The van der Waals surface area contributed by atoms with Crippen molar-refractivity contribution in [2.24, 2.45) is 0 Å². The molecule has 1 aromatic heterocycles.